The molecule has 6 nitrogen and oxygen atoms in total. The molecule has 166 valence electrons. The van der Waals surface area contributed by atoms with E-state index in [0.29, 0.717) is 12.3 Å². The van der Waals surface area contributed by atoms with E-state index in [1.165, 1.54) is 0 Å². The van der Waals surface area contributed by atoms with E-state index in [4.69, 9.17) is 4.74 Å². The second kappa shape index (κ2) is 11.0. The number of aryl methyl sites for hydroxylation is 1. The Bertz CT molecular complexity index is 1040. The first-order valence-corrected chi connectivity index (χ1v) is 10.6. The molecule has 0 fully saturated rings. The monoisotopic (exact) mass is 431 g/mol. The minimum atomic E-state index is -0.206. The Labute approximate surface area is 189 Å². The number of nitrogens with one attached hydrogen (secondary N) is 3. The predicted octanol–water partition coefficient (Wildman–Crippen LogP) is 5.22. The molecule has 0 radical (unpaired) electrons. The summed E-state index contributed by atoms with van der Waals surface area (Å²) < 4.78 is 5.65. The summed E-state index contributed by atoms with van der Waals surface area (Å²) in [5.41, 5.74) is 4.62. The maximum atomic E-state index is 12.1. The van der Waals surface area contributed by atoms with Crippen LogP contribution in [0.15, 0.2) is 72.8 Å². The minimum Gasteiger partial charge on any atom is -0.484 e. The molecule has 0 saturated carbocycles. The molecule has 0 bridgehead atoms. The number of rotatable bonds is 9. The van der Waals surface area contributed by atoms with Gasteiger partial charge in [-0.1, -0.05) is 43.7 Å². The molecule has 3 N–H and O–H groups in total. The molecule has 3 aromatic carbocycles. The summed E-state index contributed by atoms with van der Waals surface area (Å²) in [5, 5.41) is 9.04. The van der Waals surface area contributed by atoms with Gasteiger partial charge in [0.2, 0.25) is 5.91 Å². The standard InChI is InChI=1S/C26H29N3O3/c1-18(2)26(31)29-23-13-11-21(12-14-23)27-16-20-5-4-6-24(15-20)32-17-25(30)28-22-9-7-19(3)8-10-22/h4-15,18,27H,16-17H2,1-3H3,(H,28,30)(H,29,31). The van der Waals surface area contributed by atoms with E-state index in [2.05, 4.69) is 16.0 Å². The molecule has 3 rings (SSSR count). The molecule has 3 aromatic rings. The molecule has 32 heavy (non-hydrogen) atoms. The van der Waals surface area contributed by atoms with Gasteiger partial charge in [0.15, 0.2) is 6.61 Å². The Morgan fingerprint density at radius 1 is 0.844 bits per heavy atom. The second-order valence-electron chi connectivity index (χ2n) is 7.93. The van der Waals surface area contributed by atoms with Crippen LogP contribution in [-0.4, -0.2) is 18.4 Å². The molecule has 0 aliphatic carbocycles. The van der Waals surface area contributed by atoms with Crippen molar-refractivity contribution in [3.05, 3.63) is 83.9 Å². The normalized spacial score (nSPS) is 10.5. The van der Waals surface area contributed by atoms with Crippen molar-refractivity contribution in [3.8, 4) is 5.75 Å². The van der Waals surface area contributed by atoms with Crippen molar-refractivity contribution >= 4 is 28.9 Å². The summed E-state index contributed by atoms with van der Waals surface area (Å²) in [6.07, 6.45) is 0. The molecular weight excluding hydrogens is 402 g/mol. The summed E-state index contributed by atoms with van der Waals surface area (Å²) in [4.78, 5) is 23.9. The topological polar surface area (TPSA) is 79.5 Å². The van der Waals surface area contributed by atoms with Gasteiger partial charge in [-0.25, -0.2) is 0 Å². The van der Waals surface area contributed by atoms with Crippen molar-refractivity contribution in [2.24, 2.45) is 5.92 Å². The van der Waals surface area contributed by atoms with E-state index < -0.39 is 0 Å². The number of carbonyl (C=O) groups is 2. The zero-order valence-electron chi connectivity index (χ0n) is 18.6. The molecule has 0 aromatic heterocycles. The zero-order chi connectivity index (χ0) is 22.9. The van der Waals surface area contributed by atoms with Crippen molar-refractivity contribution in [1.82, 2.24) is 0 Å². The van der Waals surface area contributed by atoms with E-state index in [9.17, 15) is 9.59 Å². The lowest BCUT2D eigenvalue weighted by atomic mass is 10.2. The molecule has 0 aliphatic rings. The Morgan fingerprint density at radius 2 is 1.47 bits per heavy atom. The molecule has 0 saturated heterocycles. The van der Waals surface area contributed by atoms with Crippen LogP contribution in [0.25, 0.3) is 0 Å². The number of carbonyl (C=O) groups excluding carboxylic acids is 2. The molecule has 0 aliphatic heterocycles. The van der Waals surface area contributed by atoms with Gasteiger partial charge < -0.3 is 20.7 Å². The quantitative estimate of drug-likeness (QED) is 0.434. The van der Waals surface area contributed by atoms with Gasteiger partial charge in [0, 0.05) is 29.5 Å². The third-order valence-corrected chi connectivity index (χ3v) is 4.78. The van der Waals surface area contributed by atoms with Gasteiger partial charge >= 0.3 is 0 Å². The lowest BCUT2D eigenvalue weighted by molar-refractivity contribution is -0.119. The Hall–Kier alpha value is -3.80. The van der Waals surface area contributed by atoms with Gasteiger partial charge in [-0.05, 0) is 61.0 Å². The van der Waals surface area contributed by atoms with Gasteiger partial charge in [-0.2, -0.15) is 0 Å². The highest BCUT2D eigenvalue weighted by Gasteiger charge is 2.07. The lowest BCUT2D eigenvalue weighted by Gasteiger charge is -2.11. The fraction of sp³-hybridized carbons (Fsp3) is 0.231. The number of hydrogen-bond donors (Lipinski definition) is 3. The summed E-state index contributed by atoms with van der Waals surface area (Å²) in [6.45, 7) is 6.26. The van der Waals surface area contributed by atoms with Gasteiger partial charge in [0.1, 0.15) is 5.75 Å². The van der Waals surface area contributed by atoms with Crippen LogP contribution in [0, 0.1) is 12.8 Å². The van der Waals surface area contributed by atoms with E-state index in [1.54, 1.807) is 0 Å². The first kappa shape index (κ1) is 22.9. The molecule has 6 heteroatoms. The SMILES string of the molecule is Cc1ccc(NC(=O)COc2cccc(CNc3ccc(NC(=O)C(C)C)cc3)c2)cc1. The summed E-state index contributed by atoms with van der Waals surface area (Å²) in [5.74, 6) is 0.364. The van der Waals surface area contributed by atoms with Crippen LogP contribution in [0.2, 0.25) is 0 Å². The number of anilines is 3. The van der Waals surface area contributed by atoms with E-state index >= 15 is 0 Å². The number of hydrogen-bond acceptors (Lipinski definition) is 4. The Morgan fingerprint density at radius 3 is 2.16 bits per heavy atom. The largest absolute Gasteiger partial charge is 0.484 e. The van der Waals surface area contributed by atoms with Crippen molar-refractivity contribution in [3.63, 3.8) is 0 Å². The van der Waals surface area contributed by atoms with Crippen molar-refractivity contribution < 1.29 is 14.3 Å². The van der Waals surface area contributed by atoms with Crippen molar-refractivity contribution in [2.45, 2.75) is 27.3 Å². The molecule has 2 amide bonds. The van der Waals surface area contributed by atoms with Crippen molar-refractivity contribution in [1.29, 1.82) is 0 Å². The summed E-state index contributed by atoms with van der Waals surface area (Å²) >= 11 is 0. The van der Waals surface area contributed by atoms with Gasteiger partial charge in [-0.3, -0.25) is 9.59 Å². The van der Waals surface area contributed by atoms with E-state index in [1.807, 2.05) is 93.6 Å². The van der Waals surface area contributed by atoms with Crippen molar-refractivity contribution in [2.75, 3.05) is 22.6 Å². The zero-order valence-corrected chi connectivity index (χ0v) is 18.6. The average Bonchev–Trinajstić information content (AvgIpc) is 2.79. The van der Waals surface area contributed by atoms with Crippen LogP contribution in [-0.2, 0) is 16.1 Å². The van der Waals surface area contributed by atoms with Gasteiger partial charge in [0.05, 0.1) is 0 Å². The summed E-state index contributed by atoms with van der Waals surface area (Å²) in [7, 11) is 0. The highest BCUT2D eigenvalue weighted by Crippen LogP contribution is 2.18. The fourth-order valence-corrected chi connectivity index (χ4v) is 2.89. The molecule has 0 spiro atoms. The Balaban J connectivity index is 1.47. The van der Waals surface area contributed by atoms with Gasteiger partial charge in [-0.15, -0.1) is 0 Å². The number of ether oxygens (including phenoxy) is 1. The molecule has 0 unspecified atom stereocenters. The smallest absolute Gasteiger partial charge is 0.262 e. The van der Waals surface area contributed by atoms with Crippen LogP contribution in [0.5, 0.6) is 5.75 Å². The summed E-state index contributed by atoms with van der Waals surface area (Å²) in [6, 6.07) is 22.8. The maximum Gasteiger partial charge on any atom is 0.262 e. The highest BCUT2D eigenvalue weighted by molar-refractivity contribution is 5.92. The minimum absolute atomic E-state index is 0.00456. The molecular formula is C26H29N3O3. The van der Waals surface area contributed by atoms with Crippen LogP contribution in [0.4, 0.5) is 17.1 Å². The van der Waals surface area contributed by atoms with Crippen LogP contribution in [0.3, 0.4) is 0 Å². The average molecular weight is 432 g/mol. The third kappa shape index (κ3) is 7.16. The molecule has 0 heterocycles. The first-order chi connectivity index (χ1) is 15.4. The number of amides is 2. The first-order valence-electron chi connectivity index (χ1n) is 10.6. The van der Waals surface area contributed by atoms with Crippen LogP contribution in [0.1, 0.15) is 25.0 Å². The van der Waals surface area contributed by atoms with Crippen LogP contribution >= 0.6 is 0 Å². The lowest BCUT2D eigenvalue weighted by Crippen LogP contribution is -2.20. The number of benzene rings is 3. The predicted molar refractivity (Wildman–Crippen MR) is 129 cm³/mol. The van der Waals surface area contributed by atoms with Gasteiger partial charge in [0.25, 0.3) is 5.91 Å². The Kier molecular flexibility index (Phi) is 7.86. The van der Waals surface area contributed by atoms with E-state index in [-0.39, 0.29) is 24.3 Å². The highest BCUT2D eigenvalue weighted by atomic mass is 16.5. The van der Waals surface area contributed by atoms with Crippen LogP contribution < -0.4 is 20.7 Å². The van der Waals surface area contributed by atoms with E-state index in [0.717, 1.165) is 28.2 Å². The fourth-order valence-electron chi connectivity index (χ4n) is 2.89. The maximum absolute atomic E-state index is 12.1. The second-order valence-corrected chi connectivity index (χ2v) is 7.93. The molecule has 0 atom stereocenters. The third-order valence-electron chi connectivity index (χ3n) is 4.78.